The summed E-state index contributed by atoms with van der Waals surface area (Å²) >= 11 is 0. The maximum atomic E-state index is 13.3. The first-order chi connectivity index (χ1) is 17.6. The van der Waals surface area contributed by atoms with Crippen LogP contribution < -0.4 is 15.8 Å². The summed E-state index contributed by atoms with van der Waals surface area (Å²) in [5.74, 6) is -0.185. The van der Waals surface area contributed by atoms with Crippen molar-refractivity contribution in [3.63, 3.8) is 0 Å². The zero-order chi connectivity index (χ0) is 24.9. The first kappa shape index (κ1) is 23.1. The number of anilines is 2. The lowest BCUT2D eigenvalue weighted by Gasteiger charge is -2.36. The third-order valence-electron chi connectivity index (χ3n) is 6.10. The number of nitrogens with zero attached hydrogens (tertiary/aromatic N) is 4. The highest BCUT2D eigenvalue weighted by atomic mass is 16.5. The van der Waals surface area contributed by atoms with Crippen molar-refractivity contribution in [2.24, 2.45) is 0 Å². The molecule has 5 rings (SSSR count). The summed E-state index contributed by atoms with van der Waals surface area (Å²) < 4.78 is 6.45. The molecule has 36 heavy (non-hydrogen) atoms. The average molecular weight is 484 g/mol. The van der Waals surface area contributed by atoms with E-state index in [1.807, 2.05) is 48.5 Å². The van der Waals surface area contributed by atoms with Crippen LogP contribution >= 0.6 is 0 Å². The number of nitrogens with one attached hydrogen (secondary N) is 1. The van der Waals surface area contributed by atoms with E-state index in [9.17, 15) is 14.4 Å². The van der Waals surface area contributed by atoms with E-state index in [4.69, 9.17) is 4.74 Å². The van der Waals surface area contributed by atoms with Crippen molar-refractivity contribution in [3.8, 4) is 0 Å². The summed E-state index contributed by atoms with van der Waals surface area (Å²) in [7, 11) is 0. The van der Waals surface area contributed by atoms with Crippen molar-refractivity contribution < 1.29 is 14.3 Å². The Morgan fingerprint density at radius 1 is 0.889 bits per heavy atom. The van der Waals surface area contributed by atoms with Crippen LogP contribution in [-0.2, 0) is 11.3 Å². The molecular weight excluding hydrogens is 458 g/mol. The first-order valence-electron chi connectivity index (χ1n) is 11.7. The Bertz CT molecular complexity index is 1430. The first-order valence-corrected chi connectivity index (χ1v) is 11.7. The number of piperazine rings is 1. The second-order valence-corrected chi connectivity index (χ2v) is 8.39. The fourth-order valence-corrected chi connectivity index (χ4v) is 4.21. The maximum absolute atomic E-state index is 13.3. The average Bonchev–Trinajstić information content (AvgIpc) is 2.94. The van der Waals surface area contributed by atoms with Gasteiger partial charge in [-0.1, -0.05) is 48.5 Å². The highest BCUT2D eigenvalue weighted by Gasteiger charge is 2.24. The molecular formula is C27H25N5O4. The van der Waals surface area contributed by atoms with Crippen molar-refractivity contribution in [1.82, 2.24) is 14.3 Å². The monoisotopic (exact) mass is 483 g/mol. The Morgan fingerprint density at radius 2 is 1.58 bits per heavy atom. The van der Waals surface area contributed by atoms with Gasteiger partial charge in [0.2, 0.25) is 0 Å². The predicted octanol–water partition coefficient (Wildman–Crippen LogP) is 3.41. The lowest BCUT2D eigenvalue weighted by atomic mass is 10.2. The molecule has 0 aliphatic carbocycles. The van der Waals surface area contributed by atoms with Crippen molar-refractivity contribution >= 4 is 29.0 Å². The minimum absolute atomic E-state index is 0.0355. The quantitative estimate of drug-likeness (QED) is 0.467. The summed E-state index contributed by atoms with van der Waals surface area (Å²) in [6.07, 6.45) is 2.02. The number of hydrogen-bond acceptors (Lipinski definition) is 6. The van der Waals surface area contributed by atoms with Crippen LogP contribution in [0.3, 0.4) is 0 Å². The van der Waals surface area contributed by atoms with Crippen LogP contribution in [0.15, 0.2) is 90.0 Å². The lowest BCUT2D eigenvalue weighted by molar-refractivity contribution is 0.0748. The van der Waals surface area contributed by atoms with E-state index in [1.54, 1.807) is 17.0 Å². The molecule has 0 bridgehead atoms. The van der Waals surface area contributed by atoms with E-state index < -0.39 is 11.7 Å². The predicted molar refractivity (Wildman–Crippen MR) is 136 cm³/mol. The highest BCUT2D eigenvalue weighted by molar-refractivity contribution is 6.00. The molecule has 2 amide bonds. The number of carbonyl (C=O) groups excluding carboxylic acids is 2. The summed E-state index contributed by atoms with van der Waals surface area (Å²) in [4.78, 5) is 46.9. The number of benzene rings is 2. The number of carbonyl (C=O) groups is 2. The zero-order valence-electron chi connectivity index (χ0n) is 19.5. The van der Waals surface area contributed by atoms with Gasteiger partial charge in [-0.2, -0.15) is 0 Å². The van der Waals surface area contributed by atoms with E-state index in [0.29, 0.717) is 31.7 Å². The fourth-order valence-electron chi connectivity index (χ4n) is 4.21. The molecule has 1 saturated heterocycles. The van der Waals surface area contributed by atoms with Gasteiger partial charge in [-0.3, -0.25) is 19.3 Å². The number of fused-ring (bicyclic) bond motifs is 1. The molecule has 2 aromatic carbocycles. The van der Waals surface area contributed by atoms with Gasteiger partial charge in [0.05, 0.1) is 11.8 Å². The molecule has 1 N–H and O–H groups in total. The molecule has 9 heteroatoms. The molecule has 0 spiro atoms. The van der Waals surface area contributed by atoms with Crippen molar-refractivity contribution in [2.75, 3.05) is 36.4 Å². The third kappa shape index (κ3) is 4.90. The molecule has 0 atom stereocenters. The van der Waals surface area contributed by atoms with Gasteiger partial charge in [0.25, 0.3) is 11.5 Å². The Balaban J connectivity index is 1.28. The normalized spacial score (nSPS) is 13.4. The van der Waals surface area contributed by atoms with E-state index in [2.05, 4.69) is 27.3 Å². The number of rotatable bonds is 5. The van der Waals surface area contributed by atoms with E-state index in [1.165, 1.54) is 16.8 Å². The second-order valence-electron chi connectivity index (χ2n) is 8.39. The van der Waals surface area contributed by atoms with E-state index in [0.717, 1.165) is 11.3 Å². The van der Waals surface area contributed by atoms with Gasteiger partial charge in [-0.25, -0.2) is 9.78 Å². The topological polar surface area (TPSA) is 96.3 Å². The number of ether oxygens (including phenoxy) is 1. The second kappa shape index (κ2) is 10.3. The maximum Gasteiger partial charge on any atom is 0.412 e. The summed E-state index contributed by atoms with van der Waals surface area (Å²) in [6.45, 7) is 2.63. The molecule has 1 aliphatic heterocycles. The van der Waals surface area contributed by atoms with Crippen LogP contribution in [0.4, 0.5) is 16.2 Å². The van der Waals surface area contributed by atoms with Crippen LogP contribution in [-0.4, -0.2) is 52.5 Å². The van der Waals surface area contributed by atoms with E-state index in [-0.39, 0.29) is 23.8 Å². The zero-order valence-corrected chi connectivity index (χ0v) is 19.5. The molecule has 1 aliphatic rings. The van der Waals surface area contributed by atoms with Gasteiger partial charge in [-0.15, -0.1) is 0 Å². The van der Waals surface area contributed by atoms with Crippen LogP contribution in [0.2, 0.25) is 0 Å². The molecule has 182 valence electrons. The van der Waals surface area contributed by atoms with Gasteiger partial charge in [-0.05, 0) is 29.8 Å². The van der Waals surface area contributed by atoms with Crippen LogP contribution in [0.25, 0.3) is 5.65 Å². The summed E-state index contributed by atoms with van der Waals surface area (Å²) in [6, 6.07) is 22.6. The van der Waals surface area contributed by atoms with Gasteiger partial charge >= 0.3 is 6.09 Å². The lowest BCUT2D eigenvalue weighted by Crippen LogP contribution is -2.49. The molecule has 2 aromatic heterocycles. The van der Waals surface area contributed by atoms with Crippen LogP contribution in [0, 0.1) is 0 Å². The minimum Gasteiger partial charge on any atom is -0.444 e. The Hall–Kier alpha value is -4.66. The van der Waals surface area contributed by atoms with Crippen molar-refractivity contribution in [2.45, 2.75) is 6.61 Å². The van der Waals surface area contributed by atoms with Gasteiger partial charge < -0.3 is 14.5 Å². The number of aromatic nitrogens is 2. The molecule has 1 fully saturated rings. The molecule has 4 aromatic rings. The number of amides is 2. The summed E-state index contributed by atoms with van der Waals surface area (Å²) in [5.41, 5.74) is 1.99. The van der Waals surface area contributed by atoms with Crippen LogP contribution in [0.1, 0.15) is 15.9 Å². The van der Waals surface area contributed by atoms with Gasteiger partial charge in [0.1, 0.15) is 12.3 Å². The SMILES string of the molecule is O=C(Nc1cnc2c(C(=O)N3CCN(c4ccccc4)CC3)cccn2c1=O)OCc1ccccc1. The van der Waals surface area contributed by atoms with Crippen LogP contribution in [0.5, 0.6) is 0 Å². The smallest absolute Gasteiger partial charge is 0.412 e. The summed E-state index contributed by atoms with van der Waals surface area (Å²) in [5, 5.41) is 2.45. The molecule has 3 heterocycles. The largest absolute Gasteiger partial charge is 0.444 e. The molecule has 0 radical (unpaired) electrons. The number of para-hydroxylation sites is 1. The fraction of sp³-hybridized carbons (Fsp3) is 0.185. The number of hydrogen-bond donors (Lipinski definition) is 1. The van der Waals surface area contributed by atoms with Gasteiger partial charge in [0.15, 0.2) is 5.65 Å². The van der Waals surface area contributed by atoms with Crippen molar-refractivity contribution in [3.05, 3.63) is 107 Å². The van der Waals surface area contributed by atoms with Crippen molar-refractivity contribution in [1.29, 1.82) is 0 Å². The molecule has 0 unspecified atom stereocenters. The number of pyridine rings is 1. The standard InChI is InChI=1S/C27H25N5O4/c33-25(31-16-14-30(15-17-31)21-10-5-2-6-11-21)22-12-7-13-32-24(22)28-18-23(26(32)34)29-27(35)36-19-20-8-3-1-4-9-20/h1-13,18H,14-17,19H2,(H,29,35). The highest BCUT2D eigenvalue weighted by Crippen LogP contribution is 2.18. The molecule has 9 nitrogen and oxygen atoms in total. The van der Waals surface area contributed by atoms with E-state index >= 15 is 0 Å². The Labute approximate surface area is 207 Å². The van der Waals surface area contributed by atoms with Gasteiger partial charge in [0, 0.05) is 38.1 Å². The third-order valence-corrected chi connectivity index (χ3v) is 6.10. The Morgan fingerprint density at radius 3 is 2.31 bits per heavy atom. The molecule has 0 saturated carbocycles. The minimum atomic E-state index is -0.763. The Kier molecular flexibility index (Phi) is 6.61.